The van der Waals surface area contributed by atoms with E-state index in [1.807, 2.05) is 41.3 Å². The third-order valence-electron chi connectivity index (χ3n) is 7.32. The van der Waals surface area contributed by atoms with Crippen molar-refractivity contribution in [2.24, 2.45) is 0 Å². The van der Waals surface area contributed by atoms with Crippen molar-refractivity contribution in [3.63, 3.8) is 0 Å². The summed E-state index contributed by atoms with van der Waals surface area (Å²) >= 11 is 0. The SMILES string of the molecule is O=C(Cc1ccccc1)N1CCc2cc(C(=O)N3CCCC3CN3CCCC3)ccc2C1. The number of nitrogens with zero attached hydrogens (tertiary/aromatic N) is 3. The van der Waals surface area contributed by atoms with Gasteiger partial charge >= 0.3 is 0 Å². The fourth-order valence-electron chi connectivity index (χ4n) is 5.50. The maximum atomic E-state index is 13.3. The standard InChI is InChI=1S/C27H33N3O2/c31-26(17-21-7-2-1-3-8-21)29-16-12-22-18-23(10-11-24(22)19-29)27(32)30-15-6-9-25(30)20-28-13-4-5-14-28/h1-3,7-8,10-11,18,25H,4-6,9,12-17,19-20H2. The Morgan fingerprint density at radius 3 is 2.50 bits per heavy atom. The molecule has 3 heterocycles. The van der Waals surface area contributed by atoms with E-state index in [4.69, 9.17) is 0 Å². The highest BCUT2D eigenvalue weighted by molar-refractivity contribution is 5.95. The van der Waals surface area contributed by atoms with Crippen molar-refractivity contribution in [2.45, 2.75) is 51.1 Å². The van der Waals surface area contributed by atoms with Crippen molar-refractivity contribution in [1.82, 2.24) is 14.7 Å². The Hall–Kier alpha value is -2.66. The molecule has 5 rings (SSSR count). The Morgan fingerprint density at radius 2 is 1.69 bits per heavy atom. The molecule has 0 aromatic heterocycles. The van der Waals surface area contributed by atoms with Gasteiger partial charge in [-0.25, -0.2) is 0 Å². The quantitative estimate of drug-likeness (QED) is 0.728. The van der Waals surface area contributed by atoms with Crippen molar-refractivity contribution in [2.75, 3.05) is 32.7 Å². The number of carbonyl (C=O) groups excluding carboxylic acids is 2. The van der Waals surface area contributed by atoms with Crippen LogP contribution in [0.2, 0.25) is 0 Å². The van der Waals surface area contributed by atoms with Crippen molar-refractivity contribution in [3.8, 4) is 0 Å². The summed E-state index contributed by atoms with van der Waals surface area (Å²) in [5, 5.41) is 0. The monoisotopic (exact) mass is 431 g/mol. The molecule has 2 aromatic rings. The van der Waals surface area contributed by atoms with Crippen LogP contribution in [-0.4, -0.2) is 65.3 Å². The molecule has 5 heteroatoms. The second kappa shape index (κ2) is 9.45. The molecule has 3 aliphatic rings. The molecule has 2 fully saturated rings. The van der Waals surface area contributed by atoms with Crippen molar-refractivity contribution in [1.29, 1.82) is 0 Å². The van der Waals surface area contributed by atoms with Crippen LogP contribution in [0, 0.1) is 0 Å². The van der Waals surface area contributed by atoms with E-state index < -0.39 is 0 Å². The first-order valence-electron chi connectivity index (χ1n) is 12.1. The predicted octanol–water partition coefficient (Wildman–Crippen LogP) is 3.51. The van der Waals surface area contributed by atoms with Crippen LogP contribution < -0.4 is 0 Å². The Kier molecular flexibility index (Phi) is 6.26. The number of hydrogen-bond acceptors (Lipinski definition) is 3. The number of hydrogen-bond donors (Lipinski definition) is 0. The molecule has 32 heavy (non-hydrogen) atoms. The number of likely N-dealkylation sites (tertiary alicyclic amines) is 2. The van der Waals surface area contributed by atoms with Gasteiger partial charge in [-0.05, 0) is 74.0 Å². The third kappa shape index (κ3) is 4.58. The van der Waals surface area contributed by atoms with Gasteiger partial charge in [0.15, 0.2) is 0 Å². The predicted molar refractivity (Wildman–Crippen MR) is 125 cm³/mol. The van der Waals surface area contributed by atoms with Crippen LogP contribution in [0.1, 0.15) is 52.7 Å². The van der Waals surface area contributed by atoms with Crippen LogP contribution in [0.5, 0.6) is 0 Å². The van der Waals surface area contributed by atoms with Gasteiger partial charge in [-0.3, -0.25) is 9.59 Å². The molecule has 0 N–H and O–H groups in total. The van der Waals surface area contributed by atoms with Gasteiger partial charge in [0.25, 0.3) is 5.91 Å². The Balaban J connectivity index is 1.23. The van der Waals surface area contributed by atoms with Gasteiger partial charge < -0.3 is 14.7 Å². The van der Waals surface area contributed by atoms with Crippen molar-refractivity contribution < 1.29 is 9.59 Å². The molecule has 1 atom stereocenters. The highest BCUT2D eigenvalue weighted by Crippen LogP contribution is 2.26. The van der Waals surface area contributed by atoms with E-state index in [2.05, 4.69) is 21.9 Å². The average Bonchev–Trinajstić information content (AvgIpc) is 3.51. The number of benzene rings is 2. The first-order chi connectivity index (χ1) is 15.7. The molecular weight excluding hydrogens is 398 g/mol. The molecule has 3 aliphatic heterocycles. The normalized spacial score (nSPS) is 21.1. The van der Waals surface area contributed by atoms with E-state index in [-0.39, 0.29) is 11.8 Å². The molecule has 1 unspecified atom stereocenters. The summed E-state index contributed by atoms with van der Waals surface area (Å²) in [6, 6.07) is 16.4. The number of rotatable bonds is 5. The fraction of sp³-hybridized carbons (Fsp3) is 0.481. The summed E-state index contributed by atoms with van der Waals surface area (Å²) in [6.45, 7) is 5.60. The number of amides is 2. The van der Waals surface area contributed by atoms with Gasteiger partial charge in [0, 0.05) is 37.8 Å². The van der Waals surface area contributed by atoms with Crippen LogP contribution >= 0.6 is 0 Å². The Bertz CT molecular complexity index is 968. The summed E-state index contributed by atoms with van der Waals surface area (Å²) in [6.07, 6.45) is 6.06. The Labute approximate surface area is 191 Å². The summed E-state index contributed by atoms with van der Waals surface area (Å²) in [4.78, 5) is 32.7. The Morgan fingerprint density at radius 1 is 0.875 bits per heavy atom. The van der Waals surface area contributed by atoms with Crippen LogP contribution in [0.25, 0.3) is 0 Å². The van der Waals surface area contributed by atoms with Crippen LogP contribution in [0.4, 0.5) is 0 Å². The lowest BCUT2D eigenvalue weighted by Gasteiger charge is -2.31. The molecule has 2 aromatic carbocycles. The van der Waals surface area contributed by atoms with E-state index in [0.29, 0.717) is 19.0 Å². The molecule has 2 saturated heterocycles. The van der Waals surface area contributed by atoms with Gasteiger partial charge in [-0.15, -0.1) is 0 Å². The summed E-state index contributed by atoms with van der Waals surface area (Å²) < 4.78 is 0. The fourth-order valence-corrected chi connectivity index (χ4v) is 5.50. The molecule has 0 spiro atoms. The number of carbonyl (C=O) groups is 2. The lowest BCUT2D eigenvalue weighted by molar-refractivity contribution is -0.131. The maximum absolute atomic E-state index is 13.3. The van der Waals surface area contributed by atoms with Gasteiger partial charge in [0.2, 0.25) is 5.91 Å². The van der Waals surface area contributed by atoms with E-state index in [1.165, 1.54) is 37.1 Å². The van der Waals surface area contributed by atoms with E-state index in [9.17, 15) is 9.59 Å². The van der Waals surface area contributed by atoms with Gasteiger partial charge in [-0.1, -0.05) is 36.4 Å². The van der Waals surface area contributed by atoms with Crippen LogP contribution in [0.3, 0.4) is 0 Å². The molecular formula is C27H33N3O2. The molecule has 0 radical (unpaired) electrons. The van der Waals surface area contributed by atoms with Crippen molar-refractivity contribution >= 4 is 11.8 Å². The highest BCUT2D eigenvalue weighted by atomic mass is 16.2. The first kappa shape index (κ1) is 21.2. The largest absolute Gasteiger partial charge is 0.338 e. The van der Waals surface area contributed by atoms with Crippen molar-refractivity contribution in [3.05, 3.63) is 70.8 Å². The van der Waals surface area contributed by atoms with Crippen LogP contribution in [-0.2, 0) is 24.2 Å². The molecule has 0 bridgehead atoms. The minimum atomic E-state index is 0.170. The smallest absolute Gasteiger partial charge is 0.254 e. The number of fused-ring (bicyclic) bond motifs is 1. The first-order valence-corrected chi connectivity index (χ1v) is 12.1. The van der Waals surface area contributed by atoms with Gasteiger partial charge in [0.05, 0.1) is 6.42 Å². The highest BCUT2D eigenvalue weighted by Gasteiger charge is 2.32. The van der Waals surface area contributed by atoms with E-state index in [0.717, 1.165) is 50.0 Å². The zero-order valence-corrected chi connectivity index (χ0v) is 18.8. The molecule has 0 saturated carbocycles. The minimum Gasteiger partial charge on any atom is -0.338 e. The van der Waals surface area contributed by atoms with Gasteiger partial charge in [-0.2, -0.15) is 0 Å². The molecule has 168 valence electrons. The topological polar surface area (TPSA) is 43.9 Å². The van der Waals surface area contributed by atoms with Gasteiger partial charge in [0.1, 0.15) is 0 Å². The van der Waals surface area contributed by atoms with E-state index >= 15 is 0 Å². The van der Waals surface area contributed by atoms with Crippen LogP contribution in [0.15, 0.2) is 48.5 Å². The third-order valence-corrected chi connectivity index (χ3v) is 7.32. The van der Waals surface area contributed by atoms with E-state index in [1.54, 1.807) is 0 Å². The summed E-state index contributed by atoms with van der Waals surface area (Å²) in [7, 11) is 0. The minimum absolute atomic E-state index is 0.170. The lowest BCUT2D eigenvalue weighted by atomic mass is 9.96. The molecule has 5 nitrogen and oxygen atoms in total. The zero-order chi connectivity index (χ0) is 21.9. The molecule has 0 aliphatic carbocycles. The average molecular weight is 432 g/mol. The summed E-state index contributed by atoms with van der Waals surface area (Å²) in [5.74, 6) is 0.348. The second-order valence-corrected chi connectivity index (χ2v) is 9.51. The summed E-state index contributed by atoms with van der Waals surface area (Å²) in [5.41, 5.74) is 4.25. The maximum Gasteiger partial charge on any atom is 0.254 e. The molecule has 2 amide bonds. The lowest BCUT2D eigenvalue weighted by Crippen LogP contribution is -2.42. The zero-order valence-electron chi connectivity index (χ0n) is 18.8. The second-order valence-electron chi connectivity index (χ2n) is 9.51.